The van der Waals surface area contributed by atoms with Gasteiger partial charge in [0.15, 0.2) is 0 Å². The third-order valence-corrected chi connectivity index (χ3v) is 4.23. The lowest BCUT2D eigenvalue weighted by atomic mass is 10.0. The van der Waals surface area contributed by atoms with Crippen LogP contribution in [0.2, 0.25) is 0 Å². The number of aliphatic hydroxyl groups is 1. The molecule has 0 heterocycles. The maximum absolute atomic E-state index is 11.4. The molecule has 0 aliphatic carbocycles. The molecule has 0 aromatic rings. The lowest BCUT2D eigenvalue weighted by molar-refractivity contribution is -0.146. The fourth-order valence-electron chi connectivity index (χ4n) is 2.66. The molecule has 0 aromatic heterocycles. The SMILES string of the molecule is CCCCCCCCCCCCC/C=C/[C@@H](O)[C@@H](N)C(=O)OCC.Cl. The smallest absolute Gasteiger partial charge is 0.325 e. The Morgan fingerprint density at radius 3 is 1.92 bits per heavy atom. The van der Waals surface area contributed by atoms with Gasteiger partial charge in [0.25, 0.3) is 0 Å². The van der Waals surface area contributed by atoms with Crippen molar-refractivity contribution in [3.8, 4) is 0 Å². The Kier molecular flexibility index (Phi) is 21.0. The van der Waals surface area contributed by atoms with E-state index in [1.165, 1.54) is 64.2 Å². The van der Waals surface area contributed by atoms with Crippen molar-refractivity contribution in [2.45, 2.75) is 103 Å². The molecule has 0 rings (SSSR count). The van der Waals surface area contributed by atoms with Crippen LogP contribution in [0.1, 0.15) is 90.9 Å². The summed E-state index contributed by atoms with van der Waals surface area (Å²) in [7, 11) is 0. The minimum atomic E-state index is -0.987. The predicted molar refractivity (Wildman–Crippen MR) is 108 cm³/mol. The van der Waals surface area contributed by atoms with Crippen LogP contribution < -0.4 is 5.73 Å². The minimum Gasteiger partial charge on any atom is -0.465 e. The maximum Gasteiger partial charge on any atom is 0.325 e. The van der Waals surface area contributed by atoms with Gasteiger partial charge < -0.3 is 15.6 Å². The maximum atomic E-state index is 11.4. The molecule has 0 amide bonds. The first-order valence-electron chi connectivity index (χ1n) is 9.90. The Balaban J connectivity index is 0. The van der Waals surface area contributed by atoms with Gasteiger partial charge in [0.1, 0.15) is 6.04 Å². The molecule has 0 unspecified atom stereocenters. The molecule has 0 radical (unpaired) electrons. The Morgan fingerprint density at radius 2 is 1.44 bits per heavy atom. The van der Waals surface area contributed by atoms with E-state index in [1.807, 2.05) is 6.08 Å². The van der Waals surface area contributed by atoms with Crippen molar-refractivity contribution in [1.29, 1.82) is 0 Å². The van der Waals surface area contributed by atoms with Crippen LogP contribution in [0.25, 0.3) is 0 Å². The molecule has 0 aliphatic rings. The van der Waals surface area contributed by atoms with Gasteiger partial charge in [0, 0.05) is 0 Å². The monoisotopic (exact) mass is 377 g/mol. The molecule has 0 bridgehead atoms. The average molecular weight is 378 g/mol. The molecule has 0 spiro atoms. The molecule has 0 aromatic carbocycles. The fraction of sp³-hybridized carbons (Fsp3) is 0.850. The molecule has 0 fully saturated rings. The van der Waals surface area contributed by atoms with Crippen LogP contribution in [-0.4, -0.2) is 29.8 Å². The number of halogens is 1. The van der Waals surface area contributed by atoms with Crippen molar-refractivity contribution in [2.24, 2.45) is 5.73 Å². The highest BCUT2D eigenvalue weighted by atomic mass is 35.5. The number of allylic oxidation sites excluding steroid dienone is 1. The van der Waals surface area contributed by atoms with Crippen molar-refractivity contribution >= 4 is 18.4 Å². The van der Waals surface area contributed by atoms with Gasteiger partial charge in [-0.1, -0.05) is 83.3 Å². The Morgan fingerprint density at radius 1 is 0.960 bits per heavy atom. The van der Waals surface area contributed by atoms with Crippen molar-refractivity contribution in [3.05, 3.63) is 12.2 Å². The highest BCUT2D eigenvalue weighted by molar-refractivity contribution is 5.85. The van der Waals surface area contributed by atoms with Gasteiger partial charge >= 0.3 is 5.97 Å². The standard InChI is InChI=1S/C20H39NO3.ClH/c1-3-5-6-7-8-9-10-11-12-13-14-15-16-17-18(22)19(21)20(23)24-4-2;/h16-19,22H,3-15,21H2,1-2H3;1H/b17-16+;/t18-,19-;/m1./s1. The molecular formula is C20H40ClNO3. The van der Waals surface area contributed by atoms with Gasteiger partial charge in [0.05, 0.1) is 12.7 Å². The zero-order valence-electron chi connectivity index (χ0n) is 16.3. The first-order chi connectivity index (χ1) is 11.6. The Hall–Kier alpha value is -0.580. The normalized spacial score (nSPS) is 13.4. The highest BCUT2D eigenvalue weighted by Gasteiger charge is 2.21. The summed E-state index contributed by atoms with van der Waals surface area (Å²) in [6.07, 6.45) is 18.1. The van der Waals surface area contributed by atoms with Crippen LogP contribution in [0.15, 0.2) is 12.2 Å². The van der Waals surface area contributed by atoms with E-state index in [2.05, 4.69) is 6.92 Å². The van der Waals surface area contributed by atoms with E-state index in [9.17, 15) is 9.90 Å². The first kappa shape index (κ1) is 26.6. The van der Waals surface area contributed by atoms with Gasteiger partial charge in [0.2, 0.25) is 0 Å². The Bertz CT molecular complexity index is 324. The minimum absolute atomic E-state index is 0. The van der Waals surface area contributed by atoms with E-state index < -0.39 is 18.1 Å². The van der Waals surface area contributed by atoms with Gasteiger partial charge in [-0.15, -0.1) is 12.4 Å². The van der Waals surface area contributed by atoms with Gasteiger partial charge in [-0.05, 0) is 19.8 Å². The quantitative estimate of drug-likeness (QED) is 0.227. The fourth-order valence-corrected chi connectivity index (χ4v) is 2.66. The van der Waals surface area contributed by atoms with Crippen molar-refractivity contribution in [1.82, 2.24) is 0 Å². The number of nitrogens with two attached hydrogens (primary N) is 1. The number of esters is 1. The molecule has 25 heavy (non-hydrogen) atoms. The van der Waals surface area contributed by atoms with Gasteiger partial charge in [-0.2, -0.15) is 0 Å². The van der Waals surface area contributed by atoms with Crippen molar-refractivity contribution in [3.63, 3.8) is 0 Å². The van der Waals surface area contributed by atoms with E-state index in [0.717, 1.165) is 12.8 Å². The molecule has 150 valence electrons. The largest absolute Gasteiger partial charge is 0.465 e. The number of unbranched alkanes of at least 4 members (excludes halogenated alkanes) is 11. The van der Waals surface area contributed by atoms with Crippen molar-refractivity contribution < 1.29 is 14.6 Å². The average Bonchev–Trinajstić information content (AvgIpc) is 2.58. The van der Waals surface area contributed by atoms with Crippen LogP contribution in [-0.2, 0) is 9.53 Å². The molecule has 0 saturated carbocycles. The zero-order chi connectivity index (χ0) is 18.0. The van der Waals surface area contributed by atoms with Crippen LogP contribution in [0.4, 0.5) is 0 Å². The zero-order valence-corrected chi connectivity index (χ0v) is 17.1. The summed E-state index contributed by atoms with van der Waals surface area (Å²) in [5.41, 5.74) is 5.62. The second-order valence-corrected chi connectivity index (χ2v) is 6.52. The van der Waals surface area contributed by atoms with Gasteiger partial charge in [-0.25, -0.2) is 0 Å². The third-order valence-electron chi connectivity index (χ3n) is 4.23. The topological polar surface area (TPSA) is 72.5 Å². The number of hydrogen-bond donors (Lipinski definition) is 2. The number of aliphatic hydroxyl groups excluding tert-OH is 1. The predicted octanol–water partition coefficient (Wildman–Crippen LogP) is 4.92. The van der Waals surface area contributed by atoms with E-state index >= 15 is 0 Å². The molecule has 4 nitrogen and oxygen atoms in total. The highest BCUT2D eigenvalue weighted by Crippen LogP contribution is 2.12. The molecule has 0 aliphatic heterocycles. The van der Waals surface area contributed by atoms with Crippen molar-refractivity contribution in [2.75, 3.05) is 6.61 Å². The summed E-state index contributed by atoms with van der Waals surface area (Å²) in [4.78, 5) is 11.4. The summed E-state index contributed by atoms with van der Waals surface area (Å²) < 4.78 is 4.79. The van der Waals surface area contributed by atoms with E-state index in [-0.39, 0.29) is 19.0 Å². The van der Waals surface area contributed by atoms with Crippen LogP contribution in [0.3, 0.4) is 0 Å². The third kappa shape index (κ3) is 16.6. The molecule has 3 N–H and O–H groups in total. The first-order valence-corrected chi connectivity index (χ1v) is 9.90. The summed E-state index contributed by atoms with van der Waals surface area (Å²) in [5.74, 6) is -0.552. The summed E-state index contributed by atoms with van der Waals surface area (Å²) in [6.45, 7) is 4.26. The van der Waals surface area contributed by atoms with Gasteiger partial charge in [-0.3, -0.25) is 4.79 Å². The lowest BCUT2D eigenvalue weighted by Gasteiger charge is -2.13. The molecule has 2 atom stereocenters. The van der Waals surface area contributed by atoms with E-state index in [0.29, 0.717) is 0 Å². The summed E-state index contributed by atoms with van der Waals surface area (Å²) in [5, 5.41) is 9.78. The van der Waals surface area contributed by atoms with Crippen LogP contribution in [0.5, 0.6) is 0 Å². The number of ether oxygens (including phenoxy) is 1. The number of rotatable bonds is 16. The molecular weight excluding hydrogens is 338 g/mol. The summed E-state index contributed by atoms with van der Waals surface area (Å²) in [6, 6.07) is -0.987. The van der Waals surface area contributed by atoms with Crippen LogP contribution in [0, 0.1) is 0 Å². The second-order valence-electron chi connectivity index (χ2n) is 6.52. The number of carbonyl (C=O) groups excluding carboxylic acids is 1. The van der Waals surface area contributed by atoms with E-state index in [4.69, 9.17) is 10.5 Å². The molecule has 5 heteroatoms. The van der Waals surface area contributed by atoms with E-state index in [1.54, 1.807) is 13.0 Å². The molecule has 0 saturated heterocycles. The lowest BCUT2D eigenvalue weighted by Crippen LogP contribution is -2.42. The van der Waals surface area contributed by atoms with Crippen LogP contribution >= 0.6 is 12.4 Å². The summed E-state index contributed by atoms with van der Waals surface area (Å²) >= 11 is 0. The number of hydrogen-bond acceptors (Lipinski definition) is 4. The second kappa shape index (κ2) is 19.7. The Labute approximate surface area is 161 Å². The number of carbonyl (C=O) groups is 1.